The van der Waals surface area contributed by atoms with Gasteiger partial charge in [0.05, 0.1) is 10.7 Å². The molecule has 6 nitrogen and oxygen atoms in total. The van der Waals surface area contributed by atoms with Crippen molar-refractivity contribution in [1.82, 2.24) is 0 Å². The molecule has 0 spiro atoms. The zero-order valence-corrected chi connectivity index (χ0v) is 10.2. The van der Waals surface area contributed by atoms with E-state index in [1.165, 1.54) is 12.1 Å². The highest BCUT2D eigenvalue weighted by Gasteiger charge is 2.13. The Labute approximate surface area is 99.6 Å². The summed E-state index contributed by atoms with van der Waals surface area (Å²) in [7, 11) is -3.50. The van der Waals surface area contributed by atoms with Gasteiger partial charge in [0.2, 0.25) is 10.0 Å². The van der Waals surface area contributed by atoms with Crippen LogP contribution in [0, 0.1) is 16.0 Å². The fraction of sp³-hybridized carbons (Fsp3) is 0.400. The molecule has 17 heavy (non-hydrogen) atoms. The van der Waals surface area contributed by atoms with Gasteiger partial charge < -0.3 is 0 Å². The summed E-state index contributed by atoms with van der Waals surface area (Å²) >= 11 is 0. The van der Waals surface area contributed by atoms with Gasteiger partial charge in [-0.1, -0.05) is 19.1 Å². The summed E-state index contributed by atoms with van der Waals surface area (Å²) in [5.74, 6) is -0.303. The number of nitro benzene ring substituents is 1. The van der Waals surface area contributed by atoms with Gasteiger partial charge in [0.1, 0.15) is 0 Å². The second kappa shape index (κ2) is 5.24. The summed E-state index contributed by atoms with van der Waals surface area (Å²) in [5, 5.41) is 15.5. The van der Waals surface area contributed by atoms with Crippen molar-refractivity contribution in [2.24, 2.45) is 11.1 Å². The van der Waals surface area contributed by atoms with Gasteiger partial charge >= 0.3 is 0 Å². The summed E-state index contributed by atoms with van der Waals surface area (Å²) in [6.07, 6.45) is 0.443. The predicted molar refractivity (Wildman–Crippen MR) is 63.9 cm³/mol. The predicted octanol–water partition coefficient (Wildman–Crippen LogP) is 1.06. The van der Waals surface area contributed by atoms with Gasteiger partial charge in [-0.25, -0.2) is 13.6 Å². The monoisotopic (exact) mass is 258 g/mol. The van der Waals surface area contributed by atoms with Crippen LogP contribution in [-0.2, 0) is 16.4 Å². The molecule has 0 aliphatic rings. The number of benzene rings is 1. The van der Waals surface area contributed by atoms with Crippen LogP contribution in [0.1, 0.15) is 12.5 Å². The lowest BCUT2D eigenvalue weighted by molar-refractivity contribution is -0.384. The molecule has 1 rings (SSSR count). The Hall–Kier alpha value is -1.47. The quantitative estimate of drug-likeness (QED) is 0.630. The molecule has 0 radical (unpaired) electrons. The van der Waals surface area contributed by atoms with E-state index in [1.54, 1.807) is 19.1 Å². The molecule has 0 aliphatic heterocycles. The summed E-state index contributed by atoms with van der Waals surface area (Å²) in [4.78, 5) is 10.1. The molecule has 0 bridgehead atoms. The Bertz CT molecular complexity index is 513. The summed E-state index contributed by atoms with van der Waals surface area (Å²) < 4.78 is 21.8. The maximum absolute atomic E-state index is 10.9. The summed E-state index contributed by atoms with van der Waals surface area (Å²) in [6, 6.07) is 6.15. The van der Waals surface area contributed by atoms with Gasteiger partial charge in [-0.05, 0) is 17.9 Å². The van der Waals surface area contributed by atoms with Crippen molar-refractivity contribution < 1.29 is 13.3 Å². The number of non-ortho nitro benzene ring substituents is 1. The van der Waals surface area contributed by atoms with E-state index in [2.05, 4.69) is 0 Å². The second-order valence-corrected chi connectivity index (χ2v) is 5.72. The van der Waals surface area contributed by atoms with Crippen LogP contribution in [0.5, 0.6) is 0 Å². The number of hydrogen-bond donors (Lipinski definition) is 1. The third-order valence-corrected chi connectivity index (χ3v) is 3.26. The molecule has 1 atom stereocenters. The van der Waals surface area contributed by atoms with E-state index in [1.807, 2.05) is 0 Å². The average molecular weight is 258 g/mol. The minimum atomic E-state index is -3.50. The minimum Gasteiger partial charge on any atom is -0.258 e. The summed E-state index contributed by atoms with van der Waals surface area (Å²) in [5.41, 5.74) is 0.737. The first-order chi connectivity index (χ1) is 7.78. The van der Waals surface area contributed by atoms with Crippen molar-refractivity contribution >= 4 is 15.7 Å². The van der Waals surface area contributed by atoms with Gasteiger partial charge in [-0.3, -0.25) is 10.1 Å². The van der Waals surface area contributed by atoms with Gasteiger partial charge in [-0.15, -0.1) is 0 Å². The fourth-order valence-electron chi connectivity index (χ4n) is 1.65. The highest BCUT2D eigenvalue weighted by molar-refractivity contribution is 7.89. The van der Waals surface area contributed by atoms with Crippen LogP contribution < -0.4 is 5.14 Å². The lowest BCUT2D eigenvalue weighted by Gasteiger charge is -2.09. The van der Waals surface area contributed by atoms with E-state index in [4.69, 9.17) is 5.14 Å². The zero-order valence-electron chi connectivity index (χ0n) is 9.37. The Morgan fingerprint density at radius 2 is 2.12 bits per heavy atom. The third-order valence-electron chi connectivity index (χ3n) is 2.22. The number of primary sulfonamides is 1. The molecule has 1 unspecified atom stereocenters. The van der Waals surface area contributed by atoms with Crippen molar-refractivity contribution in [2.75, 3.05) is 5.75 Å². The fourth-order valence-corrected chi connectivity index (χ4v) is 2.57. The van der Waals surface area contributed by atoms with E-state index >= 15 is 0 Å². The average Bonchev–Trinajstić information content (AvgIpc) is 2.14. The van der Waals surface area contributed by atoms with Crippen molar-refractivity contribution in [2.45, 2.75) is 13.3 Å². The number of sulfonamides is 1. The molecule has 0 aromatic heterocycles. The van der Waals surface area contributed by atoms with Crippen LogP contribution in [0.4, 0.5) is 5.69 Å². The molecular weight excluding hydrogens is 244 g/mol. The molecule has 0 heterocycles. The topological polar surface area (TPSA) is 103 Å². The SMILES string of the molecule is CC(Cc1cccc([N+](=O)[O-])c1)CS(N)(=O)=O. The smallest absolute Gasteiger partial charge is 0.258 e. The van der Waals surface area contributed by atoms with Gasteiger partial charge in [0.15, 0.2) is 0 Å². The Kier molecular flexibility index (Phi) is 4.19. The highest BCUT2D eigenvalue weighted by Crippen LogP contribution is 2.16. The van der Waals surface area contributed by atoms with E-state index in [0.29, 0.717) is 6.42 Å². The van der Waals surface area contributed by atoms with Gasteiger partial charge in [-0.2, -0.15) is 0 Å². The maximum Gasteiger partial charge on any atom is 0.269 e. The maximum atomic E-state index is 10.9. The van der Waals surface area contributed by atoms with Crippen LogP contribution in [0.15, 0.2) is 24.3 Å². The highest BCUT2D eigenvalue weighted by atomic mass is 32.2. The van der Waals surface area contributed by atoms with E-state index in [0.717, 1.165) is 5.56 Å². The summed E-state index contributed by atoms with van der Waals surface area (Å²) in [6.45, 7) is 1.74. The molecule has 0 aliphatic carbocycles. The third kappa shape index (κ3) is 4.92. The van der Waals surface area contributed by atoms with Crippen molar-refractivity contribution in [3.63, 3.8) is 0 Å². The molecule has 94 valence electrons. The first kappa shape index (κ1) is 13.6. The number of nitrogens with two attached hydrogens (primary N) is 1. The Morgan fingerprint density at radius 1 is 1.47 bits per heavy atom. The van der Waals surface area contributed by atoms with Crippen molar-refractivity contribution in [1.29, 1.82) is 0 Å². The van der Waals surface area contributed by atoms with E-state index in [-0.39, 0.29) is 17.4 Å². The Morgan fingerprint density at radius 3 is 2.65 bits per heavy atom. The van der Waals surface area contributed by atoms with Crippen LogP contribution in [0.25, 0.3) is 0 Å². The Balaban J connectivity index is 2.75. The van der Waals surface area contributed by atoms with Gasteiger partial charge in [0, 0.05) is 12.1 Å². The lowest BCUT2D eigenvalue weighted by Crippen LogP contribution is -2.22. The van der Waals surface area contributed by atoms with Gasteiger partial charge in [0.25, 0.3) is 5.69 Å². The zero-order chi connectivity index (χ0) is 13.1. The molecule has 0 fully saturated rings. The number of nitrogens with zero attached hydrogens (tertiary/aromatic N) is 1. The first-order valence-corrected chi connectivity index (χ1v) is 6.73. The largest absolute Gasteiger partial charge is 0.269 e. The van der Waals surface area contributed by atoms with Crippen LogP contribution in [0.2, 0.25) is 0 Å². The van der Waals surface area contributed by atoms with Crippen LogP contribution in [0.3, 0.4) is 0 Å². The van der Waals surface area contributed by atoms with Crippen molar-refractivity contribution in [3.8, 4) is 0 Å². The van der Waals surface area contributed by atoms with E-state index < -0.39 is 14.9 Å². The number of hydrogen-bond acceptors (Lipinski definition) is 4. The number of rotatable bonds is 5. The molecule has 0 saturated heterocycles. The van der Waals surface area contributed by atoms with Crippen LogP contribution in [-0.4, -0.2) is 19.1 Å². The molecule has 7 heteroatoms. The normalized spacial score (nSPS) is 13.3. The molecule has 2 N–H and O–H groups in total. The molecule has 0 saturated carbocycles. The minimum absolute atomic E-state index is 0.00491. The van der Waals surface area contributed by atoms with Crippen molar-refractivity contribution in [3.05, 3.63) is 39.9 Å². The van der Waals surface area contributed by atoms with E-state index in [9.17, 15) is 18.5 Å². The number of nitro groups is 1. The van der Waals surface area contributed by atoms with Crippen LogP contribution >= 0.6 is 0 Å². The standard InChI is InChI=1S/C10H14N2O4S/c1-8(7-17(11,15)16)5-9-3-2-4-10(6-9)12(13)14/h2-4,6,8H,5,7H2,1H3,(H2,11,15,16). The second-order valence-electron chi connectivity index (χ2n) is 4.07. The molecule has 0 amide bonds. The molecular formula is C10H14N2O4S. The molecule has 1 aromatic rings. The first-order valence-electron chi connectivity index (χ1n) is 5.02. The lowest BCUT2D eigenvalue weighted by atomic mass is 10.0. The molecule has 1 aromatic carbocycles.